The first-order valence-electron chi connectivity index (χ1n) is 7.58. The van der Waals surface area contributed by atoms with Crippen molar-refractivity contribution in [2.24, 2.45) is 4.99 Å². The quantitative estimate of drug-likeness (QED) is 0.469. The Morgan fingerprint density at radius 1 is 1.43 bits per heavy atom. The number of aryl methyl sites for hydroxylation is 1. The van der Waals surface area contributed by atoms with Crippen molar-refractivity contribution >= 4 is 21.9 Å². The maximum atomic E-state index is 5.59. The molecule has 2 N–H and O–H groups in total. The van der Waals surface area contributed by atoms with Crippen LogP contribution in [0.3, 0.4) is 0 Å². The van der Waals surface area contributed by atoms with E-state index in [4.69, 9.17) is 4.74 Å². The SMILES string of the molecule is CN=C(NCCCc1cccc(Br)c1)NCC1CCCO1. The average Bonchev–Trinajstić information content (AvgIpc) is 3.00. The third kappa shape index (κ3) is 6.06. The van der Waals surface area contributed by atoms with Crippen LogP contribution in [0.2, 0.25) is 0 Å². The Hall–Kier alpha value is -1.07. The molecule has 1 aromatic rings. The molecule has 1 atom stereocenters. The smallest absolute Gasteiger partial charge is 0.191 e. The van der Waals surface area contributed by atoms with E-state index in [1.165, 1.54) is 12.0 Å². The zero-order valence-corrected chi connectivity index (χ0v) is 14.2. The van der Waals surface area contributed by atoms with E-state index in [0.717, 1.165) is 49.4 Å². The van der Waals surface area contributed by atoms with Crippen LogP contribution in [0.1, 0.15) is 24.8 Å². The van der Waals surface area contributed by atoms with Gasteiger partial charge in [-0.3, -0.25) is 4.99 Å². The van der Waals surface area contributed by atoms with Crippen LogP contribution in [-0.2, 0) is 11.2 Å². The molecule has 0 amide bonds. The number of guanidine groups is 1. The van der Waals surface area contributed by atoms with Gasteiger partial charge in [0.05, 0.1) is 6.10 Å². The van der Waals surface area contributed by atoms with E-state index >= 15 is 0 Å². The molecule has 0 radical (unpaired) electrons. The molecule has 1 aliphatic rings. The molecule has 1 aromatic carbocycles. The summed E-state index contributed by atoms with van der Waals surface area (Å²) in [6, 6.07) is 8.47. The Bertz CT molecular complexity index is 459. The average molecular weight is 354 g/mol. The molecule has 0 aromatic heterocycles. The normalized spacial score (nSPS) is 18.8. The second-order valence-electron chi connectivity index (χ2n) is 5.25. The van der Waals surface area contributed by atoms with E-state index in [9.17, 15) is 0 Å². The fraction of sp³-hybridized carbons (Fsp3) is 0.562. The molecule has 21 heavy (non-hydrogen) atoms. The van der Waals surface area contributed by atoms with Crippen molar-refractivity contribution in [3.8, 4) is 0 Å². The van der Waals surface area contributed by atoms with Crippen LogP contribution >= 0.6 is 15.9 Å². The van der Waals surface area contributed by atoms with E-state index in [1.54, 1.807) is 7.05 Å². The van der Waals surface area contributed by atoms with E-state index < -0.39 is 0 Å². The van der Waals surface area contributed by atoms with Crippen molar-refractivity contribution in [1.82, 2.24) is 10.6 Å². The molecule has 1 heterocycles. The molecule has 2 rings (SSSR count). The van der Waals surface area contributed by atoms with Gasteiger partial charge in [0.15, 0.2) is 5.96 Å². The van der Waals surface area contributed by atoms with Crippen molar-refractivity contribution < 1.29 is 4.74 Å². The van der Waals surface area contributed by atoms with Crippen LogP contribution in [0, 0.1) is 0 Å². The van der Waals surface area contributed by atoms with Crippen LogP contribution < -0.4 is 10.6 Å². The van der Waals surface area contributed by atoms with Gasteiger partial charge in [-0.2, -0.15) is 0 Å². The van der Waals surface area contributed by atoms with Gasteiger partial charge in [-0.15, -0.1) is 0 Å². The predicted octanol–water partition coefficient (Wildman–Crippen LogP) is 2.73. The molecule has 0 spiro atoms. The number of hydrogen-bond acceptors (Lipinski definition) is 2. The summed E-state index contributed by atoms with van der Waals surface area (Å²) >= 11 is 3.50. The van der Waals surface area contributed by atoms with Gasteiger partial charge >= 0.3 is 0 Å². The molecule has 0 saturated carbocycles. The Kier molecular flexibility index (Phi) is 7.03. The van der Waals surface area contributed by atoms with Gasteiger partial charge in [0, 0.05) is 31.2 Å². The molecule has 1 unspecified atom stereocenters. The van der Waals surface area contributed by atoms with Crippen LogP contribution in [-0.4, -0.2) is 38.8 Å². The number of aliphatic imine (C=N–C) groups is 1. The maximum absolute atomic E-state index is 5.59. The molecular formula is C16H24BrN3O. The van der Waals surface area contributed by atoms with Crippen LogP contribution in [0.25, 0.3) is 0 Å². The summed E-state index contributed by atoms with van der Waals surface area (Å²) in [7, 11) is 1.80. The monoisotopic (exact) mass is 353 g/mol. The van der Waals surface area contributed by atoms with Gasteiger partial charge in [0.25, 0.3) is 0 Å². The lowest BCUT2D eigenvalue weighted by atomic mass is 10.1. The summed E-state index contributed by atoms with van der Waals surface area (Å²) in [6.07, 6.45) is 4.80. The Morgan fingerprint density at radius 3 is 3.05 bits per heavy atom. The highest BCUT2D eigenvalue weighted by Gasteiger charge is 2.15. The van der Waals surface area contributed by atoms with E-state index in [2.05, 4.69) is 55.8 Å². The molecule has 1 aliphatic heterocycles. The van der Waals surface area contributed by atoms with Crippen LogP contribution in [0.15, 0.2) is 33.7 Å². The van der Waals surface area contributed by atoms with Crippen molar-refractivity contribution in [2.75, 3.05) is 26.7 Å². The number of halogens is 1. The van der Waals surface area contributed by atoms with E-state index in [0.29, 0.717) is 6.10 Å². The summed E-state index contributed by atoms with van der Waals surface area (Å²) in [5, 5.41) is 6.68. The standard InChI is InChI=1S/C16H24BrN3O/c1-18-16(20-12-15-8-4-10-21-15)19-9-3-6-13-5-2-7-14(17)11-13/h2,5,7,11,15H,3-4,6,8-10,12H2,1H3,(H2,18,19,20). The lowest BCUT2D eigenvalue weighted by Gasteiger charge is -2.15. The van der Waals surface area contributed by atoms with Crippen molar-refractivity contribution in [2.45, 2.75) is 31.8 Å². The van der Waals surface area contributed by atoms with Gasteiger partial charge in [0.1, 0.15) is 0 Å². The number of nitrogens with zero attached hydrogens (tertiary/aromatic N) is 1. The summed E-state index contributed by atoms with van der Waals surface area (Å²) in [6.45, 7) is 2.65. The third-order valence-corrected chi connectivity index (χ3v) is 4.06. The first-order valence-corrected chi connectivity index (χ1v) is 8.38. The summed E-state index contributed by atoms with van der Waals surface area (Å²) in [5.41, 5.74) is 1.36. The molecule has 116 valence electrons. The highest BCUT2D eigenvalue weighted by atomic mass is 79.9. The maximum Gasteiger partial charge on any atom is 0.191 e. The molecule has 1 fully saturated rings. The Morgan fingerprint density at radius 2 is 2.33 bits per heavy atom. The van der Waals surface area contributed by atoms with Gasteiger partial charge < -0.3 is 15.4 Å². The van der Waals surface area contributed by atoms with Gasteiger partial charge in [-0.25, -0.2) is 0 Å². The number of ether oxygens (including phenoxy) is 1. The van der Waals surface area contributed by atoms with E-state index in [1.807, 2.05) is 0 Å². The molecule has 4 nitrogen and oxygen atoms in total. The largest absolute Gasteiger partial charge is 0.376 e. The Balaban J connectivity index is 1.61. The highest BCUT2D eigenvalue weighted by molar-refractivity contribution is 9.10. The first kappa shape index (κ1) is 16.3. The summed E-state index contributed by atoms with van der Waals surface area (Å²) in [5.74, 6) is 0.861. The lowest BCUT2D eigenvalue weighted by Crippen LogP contribution is -2.41. The minimum absolute atomic E-state index is 0.338. The van der Waals surface area contributed by atoms with Crippen LogP contribution in [0.5, 0.6) is 0 Å². The minimum Gasteiger partial charge on any atom is -0.376 e. The van der Waals surface area contributed by atoms with Crippen molar-refractivity contribution in [3.63, 3.8) is 0 Å². The zero-order chi connectivity index (χ0) is 14.9. The number of rotatable bonds is 6. The lowest BCUT2D eigenvalue weighted by molar-refractivity contribution is 0.114. The van der Waals surface area contributed by atoms with E-state index in [-0.39, 0.29) is 0 Å². The Labute approximate surface area is 135 Å². The highest BCUT2D eigenvalue weighted by Crippen LogP contribution is 2.12. The second-order valence-corrected chi connectivity index (χ2v) is 6.16. The third-order valence-electron chi connectivity index (χ3n) is 3.57. The molecule has 5 heteroatoms. The van der Waals surface area contributed by atoms with Crippen molar-refractivity contribution in [3.05, 3.63) is 34.3 Å². The zero-order valence-electron chi connectivity index (χ0n) is 12.6. The van der Waals surface area contributed by atoms with Gasteiger partial charge in [-0.05, 0) is 43.4 Å². The van der Waals surface area contributed by atoms with Crippen LogP contribution in [0.4, 0.5) is 0 Å². The molecule has 0 bridgehead atoms. The predicted molar refractivity (Wildman–Crippen MR) is 90.8 cm³/mol. The minimum atomic E-state index is 0.338. The molecule has 1 saturated heterocycles. The number of benzene rings is 1. The summed E-state index contributed by atoms with van der Waals surface area (Å²) < 4.78 is 6.73. The number of nitrogens with one attached hydrogen (secondary N) is 2. The van der Waals surface area contributed by atoms with Crippen molar-refractivity contribution in [1.29, 1.82) is 0 Å². The second kappa shape index (κ2) is 9.05. The van der Waals surface area contributed by atoms with Gasteiger partial charge in [-0.1, -0.05) is 28.1 Å². The molecule has 0 aliphatic carbocycles. The molecular weight excluding hydrogens is 330 g/mol. The summed E-state index contributed by atoms with van der Waals surface area (Å²) in [4.78, 5) is 4.24. The topological polar surface area (TPSA) is 45.7 Å². The first-order chi connectivity index (χ1) is 10.3. The number of hydrogen-bond donors (Lipinski definition) is 2. The fourth-order valence-electron chi connectivity index (χ4n) is 2.43. The van der Waals surface area contributed by atoms with Gasteiger partial charge in [0.2, 0.25) is 0 Å². The fourth-order valence-corrected chi connectivity index (χ4v) is 2.87.